The van der Waals surface area contributed by atoms with Crippen molar-refractivity contribution in [2.75, 3.05) is 24.2 Å². The lowest BCUT2D eigenvalue weighted by Gasteiger charge is -2.33. The maximum absolute atomic E-state index is 13.5. The summed E-state index contributed by atoms with van der Waals surface area (Å²) in [5.41, 5.74) is -0.920. The first-order chi connectivity index (χ1) is 18.5. The Labute approximate surface area is 234 Å². The fraction of sp³-hybridized carbons (Fsp3) is 0.500. The van der Waals surface area contributed by atoms with Crippen molar-refractivity contribution < 1.29 is 35.9 Å². The summed E-state index contributed by atoms with van der Waals surface area (Å²) in [4.78, 5) is 28.1. The second kappa shape index (κ2) is 13.4. The predicted octanol–water partition coefficient (Wildman–Crippen LogP) is 4.98. The van der Waals surface area contributed by atoms with Crippen molar-refractivity contribution in [1.82, 2.24) is 10.2 Å². The number of ether oxygens (including phenoxy) is 1. The lowest BCUT2D eigenvalue weighted by atomic mass is 10.0. The van der Waals surface area contributed by atoms with E-state index in [-0.39, 0.29) is 37.5 Å². The summed E-state index contributed by atoms with van der Waals surface area (Å²) in [7, 11) is -2.43. The Hall–Kier alpha value is -3.28. The van der Waals surface area contributed by atoms with E-state index >= 15 is 0 Å². The Morgan fingerprint density at radius 1 is 1.05 bits per heavy atom. The van der Waals surface area contributed by atoms with Gasteiger partial charge in [0.1, 0.15) is 11.8 Å². The molecule has 40 heavy (non-hydrogen) atoms. The third-order valence-electron chi connectivity index (χ3n) is 5.98. The van der Waals surface area contributed by atoms with Gasteiger partial charge in [-0.25, -0.2) is 8.42 Å². The van der Waals surface area contributed by atoms with Crippen LogP contribution in [0.1, 0.15) is 58.1 Å². The Balaban J connectivity index is 2.30. The molecule has 2 rings (SSSR count). The normalized spacial score (nSPS) is 12.9. The zero-order valence-corrected chi connectivity index (χ0v) is 24.5. The van der Waals surface area contributed by atoms with Crippen LogP contribution in [-0.4, -0.2) is 56.6 Å². The number of hydrogen-bond acceptors (Lipinski definition) is 5. The summed E-state index contributed by atoms with van der Waals surface area (Å²) in [6.45, 7) is 7.18. The molecule has 1 N–H and O–H groups in total. The summed E-state index contributed by atoms with van der Waals surface area (Å²) < 4.78 is 70.7. The molecule has 0 aliphatic heterocycles. The second-order valence-electron chi connectivity index (χ2n) is 10.5. The van der Waals surface area contributed by atoms with Crippen molar-refractivity contribution >= 4 is 27.5 Å². The molecule has 0 saturated carbocycles. The molecular weight excluding hydrogens is 547 g/mol. The number of rotatable bonds is 12. The molecule has 0 aliphatic rings. The molecule has 2 aromatic rings. The van der Waals surface area contributed by atoms with Crippen molar-refractivity contribution in [3.63, 3.8) is 0 Å². The maximum atomic E-state index is 13.5. The van der Waals surface area contributed by atoms with Gasteiger partial charge in [-0.1, -0.05) is 25.1 Å². The van der Waals surface area contributed by atoms with E-state index in [4.69, 9.17) is 4.74 Å². The van der Waals surface area contributed by atoms with Crippen LogP contribution in [0.2, 0.25) is 0 Å². The van der Waals surface area contributed by atoms with Crippen LogP contribution in [0, 0.1) is 0 Å². The van der Waals surface area contributed by atoms with Crippen molar-refractivity contribution in [3.05, 3.63) is 59.7 Å². The standard InChI is InChI=1S/C28H38F3N3O5S/c1-7-24(26(36)32-27(2,3)4)33(19-20-11-8-14-23(17-20)39-5)25(35)15-10-16-34(40(6,37)38)22-13-9-12-21(18-22)28(29,30)31/h8-9,11-14,17-18,24H,7,10,15-16,19H2,1-6H3,(H,32,36). The Kier molecular flexibility index (Phi) is 11.0. The van der Waals surface area contributed by atoms with Crippen LogP contribution in [0.25, 0.3) is 0 Å². The third kappa shape index (κ3) is 9.72. The number of nitrogens with zero attached hydrogens (tertiary/aromatic N) is 2. The molecule has 0 radical (unpaired) electrons. The minimum atomic E-state index is -4.64. The monoisotopic (exact) mass is 585 g/mol. The van der Waals surface area contributed by atoms with E-state index in [0.29, 0.717) is 12.2 Å². The van der Waals surface area contributed by atoms with Gasteiger partial charge in [-0.05, 0) is 69.5 Å². The second-order valence-corrected chi connectivity index (χ2v) is 12.4. The SMILES string of the molecule is CCC(C(=O)NC(C)(C)C)N(Cc1cccc(OC)c1)C(=O)CCCN(c1cccc(C(F)(F)F)c1)S(C)(=O)=O. The molecule has 0 fully saturated rings. The zero-order valence-electron chi connectivity index (χ0n) is 23.7. The van der Waals surface area contributed by atoms with E-state index in [2.05, 4.69) is 5.32 Å². The van der Waals surface area contributed by atoms with Crippen molar-refractivity contribution in [2.45, 2.75) is 71.3 Å². The van der Waals surface area contributed by atoms with Crippen molar-refractivity contribution in [2.24, 2.45) is 0 Å². The van der Waals surface area contributed by atoms with Crippen LogP contribution in [0.15, 0.2) is 48.5 Å². The van der Waals surface area contributed by atoms with Gasteiger partial charge in [0, 0.05) is 25.0 Å². The molecule has 2 aromatic carbocycles. The summed E-state index contributed by atoms with van der Waals surface area (Å²) in [6, 6.07) is 10.3. The molecule has 1 unspecified atom stereocenters. The number of methoxy groups -OCH3 is 1. The Bertz CT molecular complexity index is 1280. The van der Waals surface area contributed by atoms with Gasteiger partial charge >= 0.3 is 6.18 Å². The minimum absolute atomic E-state index is 0.0219. The number of carbonyl (C=O) groups excluding carboxylic acids is 2. The lowest BCUT2D eigenvalue weighted by molar-refractivity contribution is -0.142. The number of carbonyl (C=O) groups is 2. The van der Waals surface area contributed by atoms with Crippen LogP contribution in [0.4, 0.5) is 18.9 Å². The average Bonchev–Trinajstić information content (AvgIpc) is 2.84. The predicted molar refractivity (Wildman–Crippen MR) is 148 cm³/mol. The summed E-state index contributed by atoms with van der Waals surface area (Å²) >= 11 is 0. The number of alkyl halides is 3. The van der Waals surface area contributed by atoms with E-state index in [1.165, 1.54) is 18.1 Å². The number of hydrogen-bond donors (Lipinski definition) is 1. The number of benzene rings is 2. The highest BCUT2D eigenvalue weighted by atomic mass is 32.2. The number of sulfonamides is 1. The van der Waals surface area contributed by atoms with Crippen LogP contribution >= 0.6 is 0 Å². The Morgan fingerprint density at radius 2 is 1.70 bits per heavy atom. The van der Waals surface area contributed by atoms with Crippen LogP contribution in [0.5, 0.6) is 5.75 Å². The Morgan fingerprint density at radius 3 is 2.25 bits per heavy atom. The van der Waals surface area contributed by atoms with Gasteiger partial charge in [0.15, 0.2) is 0 Å². The number of amides is 2. The van der Waals surface area contributed by atoms with Gasteiger partial charge in [0.2, 0.25) is 21.8 Å². The molecule has 0 aromatic heterocycles. The smallest absolute Gasteiger partial charge is 0.416 e. The third-order valence-corrected chi connectivity index (χ3v) is 7.18. The lowest BCUT2D eigenvalue weighted by Crippen LogP contribution is -2.53. The minimum Gasteiger partial charge on any atom is -0.497 e. The highest BCUT2D eigenvalue weighted by Gasteiger charge is 2.33. The van der Waals surface area contributed by atoms with Gasteiger partial charge in [0.25, 0.3) is 0 Å². The quantitative estimate of drug-likeness (QED) is 0.379. The summed E-state index contributed by atoms with van der Waals surface area (Å²) in [5.74, 6) is -0.133. The molecule has 12 heteroatoms. The fourth-order valence-electron chi connectivity index (χ4n) is 4.18. The van der Waals surface area contributed by atoms with Crippen LogP contribution in [0.3, 0.4) is 0 Å². The van der Waals surface area contributed by atoms with E-state index in [9.17, 15) is 31.2 Å². The summed E-state index contributed by atoms with van der Waals surface area (Å²) in [5, 5.41) is 2.91. The van der Waals surface area contributed by atoms with Gasteiger partial charge in [-0.3, -0.25) is 13.9 Å². The molecular formula is C28H38F3N3O5S. The number of nitrogens with one attached hydrogen (secondary N) is 1. The van der Waals surface area contributed by atoms with Crippen molar-refractivity contribution in [3.8, 4) is 5.75 Å². The molecule has 8 nitrogen and oxygen atoms in total. The highest BCUT2D eigenvalue weighted by molar-refractivity contribution is 7.92. The van der Waals surface area contributed by atoms with Gasteiger partial charge < -0.3 is 15.0 Å². The largest absolute Gasteiger partial charge is 0.497 e. The molecule has 2 amide bonds. The van der Waals surface area contributed by atoms with Gasteiger partial charge in [0.05, 0.1) is 24.6 Å². The fourth-order valence-corrected chi connectivity index (χ4v) is 5.14. The molecule has 222 valence electrons. The first-order valence-corrected chi connectivity index (χ1v) is 14.7. The van der Waals surface area contributed by atoms with Crippen molar-refractivity contribution in [1.29, 1.82) is 0 Å². The molecule has 1 atom stereocenters. The van der Waals surface area contributed by atoms with Crippen LogP contribution < -0.4 is 14.4 Å². The maximum Gasteiger partial charge on any atom is 0.416 e. The molecule has 0 aliphatic carbocycles. The van der Waals surface area contributed by atoms with E-state index in [1.54, 1.807) is 31.2 Å². The highest BCUT2D eigenvalue weighted by Crippen LogP contribution is 2.32. The average molecular weight is 586 g/mol. The first kappa shape index (κ1) is 32.9. The zero-order chi connectivity index (χ0) is 30.3. The summed E-state index contributed by atoms with van der Waals surface area (Å²) in [6.07, 6.45) is -3.52. The molecule has 0 heterocycles. The first-order valence-electron chi connectivity index (χ1n) is 12.9. The van der Waals surface area contributed by atoms with Gasteiger partial charge in [-0.15, -0.1) is 0 Å². The molecule has 0 spiro atoms. The molecule has 0 bridgehead atoms. The number of anilines is 1. The van der Waals surface area contributed by atoms with Crippen LogP contribution in [-0.2, 0) is 32.3 Å². The number of halogens is 3. The molecule has 0 saturated heterocycles. The van der Waals surface area contributed by atoms with E-state index < -0.39 is 39.3 Å². The topological polar surface area (TPSA) is 96.0 Å². The van der Waals surface area contributed by atoms with E-state index in [1.807, 2.05) is 20.8 Å². The van der Waals surface area contributed by atoms with E-state index in [0.717, 1.165) is 34.3 Å². The van der Waals surface area contributed by atoms with Gasteiger partial charge in [-0.2, -0.15) is 13.2 Å².